The Balaban J connectivity index is 1.67. The first-order chi connectivity index (χ1) is 18.5. The first kappa shape index (κ1) is 30.3. The molecule has 0 radical (unpaired) electrons. The van der Waals surface area contributed by atoms with E-state index < -0.39 is 0 Å². The zero-order valence-electron chi connectivity index (χ0n) is 23.1. The number of carbonyl (C=O) groups is 2. The maximum atomic E-state index is 13.7. The van der Waals surface area contributed by atoms with E-state index in [4.69, 9.17) is 4.74 Å². The Morgan fingerprint density at radius 3 is 2.34 bits per heavy atom. The number of thiophene rings is 1. The molecule has 1 aliphatic heterocycles. The van der Waals surface area contributed by atoms with Crippen LogP contribution in [-0.2, 0) is 27.4 Å². The highest BCUT2D eigenvalue weighted by Crippen LogP contribution is 2.20. The number of hydrogen-bond acceptors (Lipinski definition) is 5. The summed E-state index contributed by atoms with van der Waals surface area (Å²) in [5.74, 6) is -0.327. The van der Waals surface area contributed by atoms with Crippen LogP contribution in [-0.4, -0.2) is 72.5 Å². The number of nitrogens with zero attached hydrogens (tertiary/aromatic N) is 3. The Labute approximate surface area is 231 Å². The molecule has 1 fully saturated rings. The molecule has 0 bridgehead atoms. The van der Waals surface area contributed by atoms with Crippen LogP contribution in [0.25, 0.3) is 0 Å². The topological polar surface area (TPSA) is 53.1 Å². The molecule has 2 amide bonds. The van der Waals surface area contributed by atoms with E-state index in [2.05, 4.69) is 17.9 Å². The van der Waals surface area contributed by atoms with E-state index >= 15 is 0 Å². The molecule has 0 atom stereocenters. The zero-order chi connectivity index (χ0) is 27.2. The van der Waals surface area contributed by atoms with Crippen LogP contribution in [0.4, 0.5) is 4.39 Å². The Bertz CT molecular complexity index is 975. The number of aryl methyl sites for hydroxylation is 1. The number of ether oxygens (including phenoxy) is 1. The molecule has 0 spiro atoms. The van der Waals surface area contributed by atoms with E-state index in [9.17, 15) is 14.0 Å². The smallest absolute Gasteiger partial charge is 0.242 e. The summed E-state index contributed by atoms with van der Waals surface area (Å²) in [6, 6.07) is 8.34. The van der Waals surface area contributed by atoms with Crippen LogP contribution in [0.5, 0.6) is 0 Å². The summed E-state index contributed by atoms with van der Waals surface area (Å²) < 4.78 is 19.0. The SMILES string of the molecule is CCCCCCCCC(=O)N(CCN1CCOCC1)CC(=O)N(Cc1ccc(F)cc1)Cc1sccc1C. The van der Waals surface area contributed by atoms with Gasteiger partial charge in [0.15, 0.2) is 0 Å². The second-order valence-electron chi connectivity index (χ2n) is 10.2. The fourth-order valence-corrected chi connectivity index (χ4v) is 5.56. The highest BCUT2D eigenvalue weighted by atomic mass is 32.1. The molecule has 1 aliphatic rings. The Kier molecular flexibility index (Phi) is 13.2. The van der Waals surface area contributed by atoms with Crippen molar-refractivity contribution >= 4 is 23.2 Å². The lowest BCUT2D eigenvalue weighted by Gasteiger charge is -2.31. The predicted molar refractivity (Wildman–Crippen MR) is 152 cm³/mol. The number of benzene rings is 1. The van der Waals surface area contributed by atoms with Gasteiger partial charge in [0.05, 0.1) is 26.3 Å². The van der Waals surface area contributed by atoms with Crippen molar-refractivity contribution in [2.24, 2.45) is 0 Å². The fourth-order valence-electron chi connectivity index (χ4n) is 4.64. The Morgan fingerprint density at radius 1 is 0.947 bits per heavy atom. The lowest BCUT2D eigenvalue weighted by Crippen LogP contribution is -2.47. The van der Waals surface area contributed by atoms with Gasteiger partial charge in [0.2, 0.25) is 11.8 Å². The largest absolute Gasteiger partial charge is 0.379 e. The number of morpholine rings is 1. The van der Waals surface area contributed by atoms with Crippen LogP contribution in [0.2, 0.25) is 0 Å². The van der Waals surface area contributed by atoms with Gasteiger partial charge in [-0.3, -0.25) is 14.5 Å². The first-order valence-electron chi connectivity index (χ1n) is 14.1. The van der Waals surface area contributed by atoms with Crippen LogP contribution in [0.3, 0.4) is 0 Å². The molecule has 3 rings (SSSR count). The van der Waals surface area contributed by atoms with Crippen LogP contribution in [0.15, 0.2) is 35.7 Å². The van der Waals surface area contributed by atoms with Crippen molar-refractivity contribution in [3.63, 3.8) is 0 Å². The molecule has 2 aromatic rings. The minimum absolute atomic E-state index is 0.0520. The number of halogens is 1. The molecule has 8 heteroatoms. The second kappa shape index (κ2) is 16.6. The van der Waals surface area contributed by atoms with Gasteiger partial charge in [-0.2, -0.15) is 0 Å². The van der Waals surface area contributed by atoms with E-state index in [1.807, 2.05) is 12.3 Å². The lowest BCUT2D eigenvalue weighted by atomic mass is 10.1. The molecule has 210 valence electrons. The number of carbonyl (C=O) groups excluding carboxylic acids is 2. The summed E-state index contributed by atoms with van der Waals surface area (Å²) in [5.41, 5.74) is 2.02. The molecule has 38 heavy (non-hydrogen) atoms. The summed E-state index contributed by atoms with van der Waals surface area (Å²) in [5, 5.41) is 2.03. The third-order valence-electron chi connectivity index (χ3n) is 7.15. The summed E-state index contributed by atoms with van der Waals surface area (Å²) in [4.78, 5) is 34.0. The molecular formula is C30H44FN3O3S. The van der Waals surface area contributed by atoms with E-state index in [1.54, 1.807) is 33.3 Å². The molecule has 0 unspecified atom stereocenters. The van der Waals surface area contributed by atoms with E-state index in [1.165, 1.54) is 31.4 Å². The summed E-state index contributed by atoms with van der Waals surface area (Å²) in [7, 11) is 0. The molecule has 1 aromatic heterocycles. The highest BCUT2D eigenvalue weighted by Gasteiger charge is 2.23. The van der Waals surface area contributed by atoms with Gasteiger partial charge in [0.1, 0.15) is 5.82 Å². The van der Waals surface area contributed by atoms with Gasteiger partial charge in [0.25, 0.3) is 0 Å². The monoisotopic (exact) mass is 545 g/mol. The molecule has 0 N–H and O–H groups in total. The first-order valence-corrected chi connectivity index (χ1v) is 15.0. The van der Waals surface area contributed by atoms with Gasteiger partial charge in [-0.25, -0.2) is 4.39 Å². The van der Waals surface area contributed by atoms with E-state index in [0.29, 0.717) is 39.3 Å². The summed E-state index contributed by atoms with van der Waals surface area (Å²) >= 11 is 1.63. The molecule has 6 nitrogen and oxygen atoms in total. The van der Waals surface area contributed by atoms with Gasteiger partial charge in [-0.1, -0.05) is 51.2 Å². The standard InChI is InChI=1S/C30H44FN3O3S/c1-3-4-5-6-7-8-9-29(35)33(16-15-32-17-19-37-20-18-32)24-30(36)34(23-28-25(2)14-21-38-28)22-26-10-12-27(31)13-11-26/h10-14,21H,3-9,15-20,22-24H2,1-2H3. The van der Waals surface area contributed by atoms with Gasteiger partial charge >= 0.3 is 0 Å². The number of rotatable bonds is 16. The van der Waals surface area contributed by atoms with Crippen molar-refractivity contribution in [1.82, 2.24) is 14.7 Å². The maximum absolute atomic E-state index is 13.7. The quantitative estimate of drug-likeness (QED) is 0.256. The van der Waals surface area contributed by atoms with Crippen LogP contribution >= 0.6 is 11.3 Å². The molecule has 0 saturated carbocycles. The second-order valence-corrected chi connectivity index (χ2v) is 11.2. The van der Waals surface area contributed by atoms with E-state index in [0.717, 1.165) is 54.9 Å². The average Bonchev–Trinajstić information content (AvgIpc) is 3.33. The minimum Gasteiger partial charge on any atom is -0.379 e. The zero-order valence-corrected chi connectivity index (χ0v) is 23.9. The Morgan fingerprint density at radius 2 is 1.66 bits per heavy atom. The number of amides is 2. The van der Waals surface area contributed by atoms with Crippen molar-refractivity contribution in [2.45, 2.75) is 71.9 Å². The van der Waals surface area contributed by atoms with Gasteiger partial charge in [-0.15, -0.1) is 11.3 Å². The van der Waals surface area contributed by atoms with Gasteiger partial charge < -0.3 is 14.5 Å². The molecule has 2 heterocycles. The molecule has 1 aromatic carbocycles. The number of unbranched alkanes of at least 4 members (excludes halogenated alkanes) is 5. The van der Waals surface area contributed by atoms with Crippen molar-refractivity contribution in [2.75, 3.05) is 45.9 Å². The van der Waals surface area contributed by atoms with Crippen LogP contribution < -0.4 is 0 Å². The Hall–Kier alpha value is -2.29. The average molecular weight is 546 g/mol. The fraction of sp³-hybridized carbons (Fsp3) is 0.600. The molecule has 0 aliphatic carbocycles. The summed E-state index contributed by atoms with van der Waals surface area (Å²) in [6.45, 7) is 9.53. The van der Waals surface area contributed by atoms with Crippen molar-refractivity contribution in [3.05, 3.63) is 57.5 Å². The van der Waals surface area contributed by atoms with Gasteiger partial charge in [0, 0.05) is 44.0 Å². The number of hydrogen-bond donors (Lipinski definition) is 0. The van der Waals surface area contributed by atoms with E-state index in [-0.39, 0.29) is 24.2 Å². The van der Waals surface area contributed by atoms with Gasteiger partial charge in [-0.05, 0) is 48.1 Å². The third kappa shape index (κ3) is 10.5. The maximum Gasteiger partial charge on any atom is 0.242 e. The van der Waals surface area contributed by atoms with Crippen molar-refractivity contribution in [3.8, 4) is 0 Å². The third-order valence-corrected chi connectivity index (χ3v) is 8.16. The van der Waals surface area contributed by atoms with Crippen LogP contribution in [0, 0.1) is 12.7 Å². The summed E-state index contributed by atoms with van der Waals surface area (Å²) in [6.07, 6.45) is 7.19. The van der Waals surface area contributed by atoms with Crippen LogP contribution in [0.1, 0.15) is 67.9 Å². The lowest BCUT2D eigenvalue weighted by molar-refractivity contribution is -0.141. The van der Waals surface area contributed by atoms with Crippen molar-refractivity contribution < 1.29 is 18.7 Å². The molecule has 1 saturated heterocycles. The highest BCUT2D eigenvalue weighted by molar-refractivity contribution is 7.10. The minimum atomic E-state index is -0.296. The molecular weight excluding hydrogens is 501 g/mol. The normalized spacial score (nSPS) is 14.0. The van der Waals surface area contributed by atoms with Crippen molar-refractivity contribution in [1.29, 1.82) is 0 Å². The predicted octanol–water partition coefficient (Wildman–Crippen LogP) is 5.64.